The molecule has 0 saturated heterocycles. The van der Waals surface area contributed by atoms with Gasteiger partial charge in [-0.15, -0.1) is 0 Å². The van der Waals surface area contributed by atoms with Crippen LogP contribution in [0.2, 0.25) is 0 Å². The maximum Gasteiger partial charge on any atom is 0.337 e. The highest BCUT2D eigenvalue weighted by Crippen LogP contribution is 2.10. The van der Waals surface area contributed by atoms with Crippen molar-refractivity contribution in [1.29, 1.82) is 0 Å². The molecule has 6 heteroatoms. The van der Waals surface area contributed by atoms with Gasteiger partial charge in [-0.2, -0.15) is 0 Å². The zero-order valence-corrected chi connectivity index (χ0v) is 14.4. The third kappa shape index (κ3) is 4.91. The Bertz CT molecular complexity index is 767. The van der Waals surface area contributed by atoms with Crippen LogP contribution in [0.1, 0.15) is 26.3 Å². The first kappa shape index (κ1) is 18.2. The van der Waals surface area contributed by atoms with Crippen molar-refractivity contribution < 1.29 is 19.1 Å². The largest absolute Gasteiger partial charge is 0.465 e. The molecule has 0 bridgehead atoms. The highest BCUT2D eigenvalue weighted by atomic mass is 16.5. The minimum Gasteiger partial charge on any atom is -0.465 e. The van der Waals surface area contributed by atoms with Crippen LogP contribution in [-0.4, -0.2) is 43.4 Å². The average Bonchev–Trinajstić information content (AvgIpc) is 2.62. The molecule has 2 aromatic carbocycles. The Hall–Kier alpha value is -3.15. The van der Waals surface area contributed by atoms with Gasteiger partial charge in [0.1, 0.15) is 0 Å². The molecule has 25 heavy (non-hydrogen) atoms. The monoisotopic (exact) mass is 340 g/mol. The van der Waals surface area contributed by atoms with Crippen molar-refractivity contribution in [2.75, 3.05) is 26.0 Å². The number of nitrogens with one attached hydrogen (secondary N) is 1. The highest BCUT2D eigenvalue weighted by molar-refractivity contribution is 6.00. The number of methoxy groups -OCH3 is 1. The number of aryl methyl sites for hydroxylation is 1. The summed E-state index contributed by atoms with van der Waals surface area (Å²) in [6.45, 7) is 1.88. The van der Waals surface area contributed by atoms with Gasteiger partial charge in [0, 0.05) is 18.3 Å². The number of rotatable bonds is 5. The van der Waals surface area contributed by atoms with E-state index in [0.717, 1.165) is 5.56 Å². The molecule has 0 aromatic heterocycles. The second kappa shape index (κ2) is 8.10. The molecule has 0 spiro atoms. The van der Waals surface area contributed by atoms with E-state index in [1.165, 1.54) is 36.3 Å². The highest BCUT2D eigenvalue weighted by Gasteiger charge is 2.16. The predicted molar refractivity (Wildman–Crippen MR) is 94.6 cm³/mol. The number of amides is 2. The lowest BCUT2D eigenvalue weighted by atomic mass is 10.1. The lowest BCUT2D eigenvalue weighted by Gasteiger charge is -2.17. The number of likely N-dealkylation sites (N-methyl/N-ethyl adjacent to an activating group) is 1. The van der Waals surface area contributed by atoms with Gasteiger partial charge >= 0.3 is 5.97 Å². The smallest absolute Gasteiger partial charge is 0.337 e. The Morgan fingerprint density at radius 1 is 0.960 bits per heavy atom. The summed E-state index contributed by atoms with van der Waals surface area (Å²) in [6, 6.07) is 13.5. The Morgan fingerprint density at radius 3 is 2.08 bits per heavy atom. The molecule has 6 nitrogen and oxygen atoms in total. The van der Waals surface area contributed by atoms with Crippen LogP contribution in [0.3, 0.4) is 0 Å². The van der Waals surface area contributed by atoms with Gasteiger partial charge in [0.05, 0.1) is 19.2 Å². The van der Waals surface area contributed by atoms with Crippen molar-refractivity contribution in [3.05, 3.63) is 65.2 Å². The molecule has 2 aromatic rings. The van der Waals surface area contributed by atoms with E-state index in [1.54, 1.807) is 19.2 Å². The van der Waals surface area contributed by atoms with Crippen LogP contribution in [0, 0.1) is 6.92 Å². The molecule has 0 radical (unpaired) electrons. The van der Waals surface area contributed by atoms with E-state index in [9.17, 15) is 14.4 Å². The SMILES string of the molecule is COC(=O)c1ccc(C(=O)N(C)CC(=O)Nc2ccc(C)cc2)cc1. The van der Waals surface area contributed by atoms with E-state index in [0.29, 0.717) is 16.8 Å². The molecule has 1 N–H and O–H groups in total. The predicted octanol–water partition coefficient (Wildman–Crippen LogP) is 2.49. The molecule has 0 heterocycles. The summed E-state index contributed by atoms with van der Waals surface area (Å²) in [6.07, 6.45) is 0. The quantitative estimate of drug-likeness (QED) is 0.849. The maximum absolute atomic E-state index is 12.4. The van der Waals surface area contributed by atoms with E-state index < -0.39 is 5.97 Å². The first-order valence-electron chi connectivity index (χ1n) is 7.71. The molecule has 0 aliphatic heterocycles. The van der Waals surface area contributed by atoms with Crippen molar-refractivity contribution in [3.63, 3.8) is 0 Å². The molecule has 0 aliphatic rings. The van der Waals surface area contributed by atoms with E-state index in [2.05, 4.69) is 10.1 Å². The van der Waals surface area contributed by atoms with Crippen LogP contribution < -0.4 is 5.32 Å². The Kier molecular flexibility index (Phi) is 5.89. The van der Waals surface area contributed by atoms with Crippen LogP contribution in [0.4, 0.5) is 5.69 Å². The third-order valence-electron chi connectivity index (χ3n) is 3.62. The van der Waals surface area contributed by atoms with Gasteiger partial charge in [-0.25, -0.2) is 4.79 Å². The summed E-state index contributed by atoms with van der Waals surface area (Å²) in [5, 5.41) is 2.74. The van der Waals surface area contributed by atoms with E-state index in [1.807, 2.05) is 19.1 Å². The van der Waals surface area contributed by atoms with Crippen molar-refractivity contribution >= 4 is 23.5 Å². The summed E-state index contributed by atoms with van der Waals surface area (Å²) < 4.78 is 4.61. The number of ether oxygens (including phenoxy) is 1. The van der Waals surface area contributed by atoms with Crippen molar-refractivity contribution in [1.82, 2.24) is 4.90 Å². The molecule has 0 unspecified atom stereocenters. The Labute approximate surface area is 146 Å². The summed E-state index contributed by atoms with van der Waals surface area (Å²) in [5.41, 5.74) is 2.52. The maximum atomic E-state index is 12.4. The fraction of sp³-hybridized carbons (Fsp3) is 0.211. The Balaban J connectivity index is 1.96. The zero-order chi connectivity index (χ0) is 18.4. The third-order valence-corrected chi connectivity index (χ3v) is 3.62. The number of hydrogen-bond donors (Lipinski definition) is 1. The summed E-state index contributed by atoms with van der Waals surface area (Å²) in [5.74, 6) is -1.06. The van der Waals surface area contributed by atoms with Gasteiger partial charge in [0.2, 0.25) is 5.91 Å². The van der Waals surface area contributed by atoms with E-state index in [4.69, 9.17) is 0 Å². The number of carbonyl (C=O) groups is 3. The minimum absolute atomic E-state index is 0.0779. The van der Waals surface area contributed by atoms with Crippen LogP contribution in [0.15, 0.2) is 48.5 Å². The Morgan fingerprint density at radius 2 is 1.52 bits per heavy atom. The molecule has 2 rings (SSSR count). The average molecular weight is 340 g/mol. The normalized spacial score (nSPS) is 10.0. The molecule has 0 saturated carbocycles. The van der Waals surface area contributed by atoms with Gasteiger partial charge in [0.25, 0.3) is 5.91 Å². The standard InChI is InChI=1S/C19H20N2O4/c1-13-4-10-16(11-5-13)20-17(22)12-21(2)18(23)14-6-8-15(9-7-14)19(24)25-3/h4-11H,12H2,1-3H3,(H,20,22). The van der Waals surface area contributed by atoms with Gasteiger partial charge in [-0.1, -0.05) is 17.7 Å². The van der Waals surface area contributed by atoms with Crippen LogP contribution in [-0.2, 0) is 9.53 Å². The summed E-state index contributed by atoms with van der Waals surface area (Å²) in [4.78, 5) is 37.1. The van der Waals surface area contributed by atoms with Crippen LogP contribution in [0.25, 0.3) is 0 Å². The van der Waals surface area contributed by atoms with Crippen molar-refractivity contribution in [2.24, 2.45) is 0 Å². The fourth-order valence-corrected chi connectivity index (χ4v) is 2.21. The molecule has 0 fully saturated rings. The lowest BCUT2D eigenvalue weighted by molar-refractivity contribution is -0.116. The number of carbonyl (C=O) groups excluding carboxylic acids is 3. The first-order chi connectivity index (χ1) is 11.9. The van der Waals surface area contributed by atoms with Gasteiger partial charge in [-0.3, -0.25) is 9.59 Å². The molecular formula is C19H20N2O4. The summed E-state index contributed by atoms with van der Waals surface area (Å²) >= 11 is 0. The van der Waals surface area contributed by atoms with Crippen molar-refractivity contribution in [3.8, 4) is 0 Å². The molecule has 0 aliphatic carbocycles. The van der Waals surface area contributed by atoms with Gasteiger partial charge < -0.3 is 15.0 Å². The molecule has 130 valence electrons. The minimum atomic E-state index is -0.468. The number of esters is 1. The summed E-state index contributed by atoms with van der Waals surface area (Å²) in [7, 11) is 2.84. The first-order valence-corrected chi connectivity index (χ1v) is 7.71. The second-order valence-corrected chi connectivity index (χ2v) is 5.64. The van der Waals surface area contributed by atoms with E-state index >= 15 is 0 Å². The number of benzene rings is 2. The number of anilines is 1. The molecule has 0 atom stereocenters. The topological polar surface area (TPSA) is 75.7 Å². The van der Waals surface area contributed by atoms with Gasteiger partial charge in [0.15, 0.2) is 0 Å². The van der Waals surface area contributed by atoms with E-state index in [-0.39, 0.29) is 18.4 Å². The molecular weight excluding hydrogens is 320 g/mol. The molecule has 2 amide bonds. The van der Waals surface area contributed by atoms with Gasteiger partial charge in [-0.05, 0) is 43.3 Å². The van der Waals surface area contributed by atoms with Crippen molar-refractivity contribution in [2.45, 2.75) is 6.92 Å². The number of hydrogen-bond acceptors (Lipinski definition) is 4. The van der Waals surface area contributed by atoms with Crippen LogP contribution in [0.5, 0.6) is 0 Å². The lowest BCUT2D eigenvalue weighted by Crippen LogP contribution is -2.34. The fourth-order valence-electron chi connectivity index (χ4n) is 2.21. The zero-order valence-electron chi connectivity index (χ0n) is 14.4. The van der Waals surface area contributed by atoms with Crippen LogP contribution >= 0.6 is 0 Å². The number of nitrogens with zero attached hydrogens (tertiary/aromatic N) is 1. The second-order valence-electron chi connectivity index (χ2n) is 5.64.